The van der Waals surface area contributed by atoms with Crippen LogP contribution in [0.15, 0.2) is 0 Å². The second-order valence-electron chi connectivity index (χ2n) is 4.81. The van der Waals surface area contributed by atoms with Gasteiger partial charge in [-0.25, -0.2) is 9.97 Å². The predicted molar refractivity (Wildman–Crippen MR) is 74.9 cm³/mol. The Morgan fingerprint density at radius 1 is 1.21 bits per heavy atom. The van der Waals surface area contributed by atoms with E-state index in [0.717, 1.165) is 26.1 Å². The van der Waals surface area contributed by atoms with Crippen LogP contribution in [0.1, 0.15) is 28.6 Å². The Hall–Kier alpha value is -0.750. The van der Waals surface area contributed by atoms with Gasteiger partial charge in [-0.05, 0) is 33.6 Å². The molecule has 0 N–H and O–H groups in total. The van der Waals surface area contributed by atoms with Gasteiger partial charge < -0.3 is 4.90 Å². The minimum Gasteiger partial charge on any atom is -0.304 e. The third-order valence-electron chi connectivity index (χ3n) is 3.35. The van der Waals surface area contributed by atoms with Gasteiger partial charge in [0.25, 0.3) is 0 Å². The largest absolute Gasteiger partial charge is 0.304 e. The molecule has 0 aliphatic carbocycles. The smallest absolute Gasteiger partial charge is 0.156 e. The summed E-state index contributed by atoms with van der Waals surface area (Å²) < 4.78 is 0. The lowest BCUT2D eigenvalue weighted by atomic mass is 10.2. The van der Waals surface area contributed by atoms with Gasteiger partial charge in [0.05, 0.1) is 11.6 Å². The standard InChI is InChI=1S/C12H16Cl2N4O/c1-17-4-3-5-18(2)9(6-17)12-15-10(13)8(7-19)11(14)16-12/h7,9H,3-6H2,1-2H3. The van der Waals surface area contributed by atoms with E-state index in [1.54, 1.807) is 0 Å². The molecule has 0 aromatic carbocycles. The molecule has 2 heterocycles. The van der Waals surface area contributed by atoms with E-state index in [1.165, 1.54) is 0 Å². The maximum absolute atomic E-state index is 10.8. The number of nitrogens with zero attached hydrogens (tertiary/aromatic N) is 4. The fourth-order valence-electron chi connectivity index (χ4n) is 2.23. The molecular weight excluding hydrogens is 287 g/mol. The van der Waals surface area contributed by atoms with Gasteiger partial charge in [-0.1, -0.05) is 23.2 Å². The highest BCUT2D eigenvalue weighted by Gasteiger charge is 2.26. The zero-order valence-electron chi connectivity index (χ0n) is 10.9. The van der Waals surface area contributed by atoms with Crippen LogP contribution in [0.5, 0.6) is 0 Å². The normalized spacial score (nSPS) is 22.2. The van der Waals surface area contributed by atoms with Crippen LogP contribution >= 0.6 is 23.2 Å². The van der Waals surface area contributed by atoms with Gasteiger partial charge in [0.1, 0.15) is 16.1 Å². The first kappa shape index (κ1) is 14.7. The molecule has 1 saturated heterocycles. The van der Waals surface area contributed by atoms with Gasteiger partial charge in [-0.3, -0.25) is 9.69 Å². The minimum absolute atomic E-state index is 0.0307. The summed E-state index contributed by atoms with van der Waals surface area (Å²) in [6.45, 7) is 2.81. The van der Waals surface area contributed by atoms with Crippen LogP contribution in [0.4, 0.5) is 0 Å². The lowest BCUT2D eigenvalue weighted by Crippen LogP contribution is -2.32. The van der Waals surface area contributed by atoms with E-state index in [0.29, 0.717) is 12.1 Å². The average molecular weight is 303 g/mol. The maximum atomic E-state index is 10.8. The van der Waals surface area contributed by atoms with E-state index >= 15 is 0 Å². The quantitative estimate of drug-likeness (QED) is 0.617. The van der Waals surface area contributed by atoms with Crippen molar-refractivity contribution in [2.24, 2.45) is 0 Å². The summed E-state index contributed by atoms with van der Waals surface area (Å²) in [4.78, 5) is 23.7. The van der Waals surface area contributed by atoms with Crippen molar-refractivity contribution in [3.05, 3.63) is 21.7 Å². The number of halogens is 2. The van der Waals surface area contributed by atoms with Crippen molar-refractivity contribution in [3.8, 4) is 0 Å². The Morgan fingerprint density at radius 3 is 2.42 bits per heavy atom. The van der Waals surface area contributed by atoms with Crippen molar-refractivity contribution >= 4 is 29.5 Å². The Morgan fingerprint density at radius 2 is 1.84 bits per heavy atom. The first-order chi connectivity index (χ1) is 9.02. The van der Waals surface area contributed by atoms with Crippen LogP contribution in [0.2, 0.25) is 10.3 Å². The molecule has 19 heavy (non-hydrogen) atoms. The SMILES string of the molecule is CN1CCCN(C)C(c2nc(Cl)c(C=O)c(Cl)n2)C1. The molecule has 1 unspecified atom stereocenters. The third kappa shape index (κ3) is 3.23. The molecule has 0 spiro atoms. The summed E-state index contributed by atoms with van der Waals surface area (Å²) in [6.07, 6.45) is 1.68. The second-order valence-corrected chi connectivity index (χ2v) is 5.52. The fraction of sp³-hybridized carbons (Fsp3) is 0.583. The third-order valence-corrected chi connectivity index (χ3v) is 3.93. The van der Waals surface area contributed by atoms with E-state index in [2.05, 4.69) is 26.8 Å². The molecule has 1 aromatic rings. The van der Waals surface area contributed by atoms with Crippen LogP contribution in [0, 0.1) is 0 Å². The second kappa shape index (κ2) is 6.13. The number of carbonyl (C=O) groups excluding carboxylic acids is 1. The van der Waals surface area contributed by atoms with E-state index in [-0.39, 0.29) is 21.9 Å². The van der Waals surface area contributed by atoms with E-state index in [1.807, 2.05) is 7.05 Å². The molecule has 5 nitrogen and oxygen atoms in total. The highest BCUT2D eigenvalue weighted by atomic mass is 35.5. The summed E-state index contributed by atoms with van der Waals surface area (Å²) in [6, 6.07) is 0.0307. The van der Waals surface area contributed by atoms with Gasteiger partial charge in [0.2, 0.25) is 0 Å². The van der Waals surface area contributed by atoms with Crippen LogP contribution in [0.25, 0.3) is 0 Å². The van der Waals surface area contributed by atoms with E-state index in [9.17, 15) is 4.79 Å². The Bertz CT molecular complexity index is 460. The Kier molecular flexibility index (Phi) is 4.73. The van der Waals surface area contributed by atoms with Gasteiger partial charge in [0, 0.05) is 6.54 Å². The number of likely N-dealkylation sites (N-methyl/N-ethyl adjacent to an activating group) is 2. The Labute approximate surface area is 122 Å². The molecule has 1 aromatic heterocycles. The number of aromatic nitrogens is 2. The summed E-state index contributed by atoms with van der Waals surface area (Å²) in [5, 5.41) is 0.232. The topological polar surface area (TPSA) is 49.3 Å². The van der Waals surface area contributed by atoms with Gasteiger partial charge in [0.15, 0.2) is 6.29 Å². The zero-order valence-corrected chi connectivity index (χ0v) is 12.4. The van der Waals surface area contributed by atoms with Crippen LogP contribution < -0.4 is 0 Å². The highest BCUT2D eigenvalue weighted by Crippen LogP contribution is 2.25. The van der Waals surface area contributed by atoms with Crippen molar-refractivity contribution in [1.82, 2.24) is 19.8 Å². The number of hydrogen-bond acceptors (Lipinski definition) is 5. The van der Waals surface area contributed by atoms with Crippen LogP contribution in [-0.4, -0.2) is 59.8 Å². The van der Waals surface area contributed by atoms with Gasteiger partial charge >= 0.3 is 0 Å². The number of hydrogen-bond donors (Lipinski definition) is 0. The first-order valence-corrected chi connectivity index (χ1v) is 6.85. The van der Waals surface area contributed by atoms with Crippen molar-refractivity contribution in [2.45, 2.75) is 12.5 Å². The molecule has 2 rings (SSSR count). The molecule has 1 aliphatic rings. The number of aldehydes is 1. The number of rotatable bonds is 2. The number of carbonyl (C=O) groups is 1. The predicted octanol–water partition coefficient (Wildman–Crippen LogP) is 1.90. The minimum atomic E-state index is 0.0307. The van der Waals surface area contributed by atoms with Crippen molar-refractivity contribution < 1.29 is 4.79 Å². The zero-order chi connectivity index (χ0) is 14.0. The highest BCUT2D eigenvalue weighted by molar-refractivity contribution is 6.36. The molecular formula is C12H16Cl2N4O. The summed E-state index contributed by atoms with van der Waals surface area (Å²) in [5.74, 6) is 0.567. The summed E-state index contributed by atoms with van der Waals surface area (Å²) >= 11 is 12.0. The first-order valence-electron chi connectivity index (χ1n) is 6.10. The summed E-state index contributed by atoms with van der Waals surface area (Å²) in [7, 11) is 4.10. The van der Waals surface area contributed by atoms with E-state index in [4.69, 9.17) is 23.2 Å². The van der Waals surface area contributed by atoms with Gasteiger partial charge in [-0.15, -0.1) is 0 Å². The molecule has 0 radical (unpaired) electrons. The molecule has 0 saturated carbocycles. The van der Waals surface area contributed by atoms with Crippen molar-refractivity contribution in [1.29, 1.82) is 0 Å². The maximum Gasteiger partial charge on any atom is 0.156 e. The molecule has 7 heteroatoms. The average Bonchev–Trinajstić information content (AvgIpc) is 2.51. The summed E-state index contributed by atoms with van der Waals surface area (Å²) in [5.41, 5.74) is 0.150. The molecule has 0 bridgehead atoms. The molecule has 0 amide bonds. The van der Waals surface area contributed by atoms with Gasteiger partial charge in [-0.2, -0.15) is 0 Å². The fourth-order valence-corrected chi connectivity index (χ4v) is 2.72. The molecule has 1 fully saturated rings. The molecule has 1 aliphatic heterocycles. The Balaban J connectivity index is 2.36. The monoisotopic (exact) mass is 302 g/mol. The van der Waals surface area contributed by atoms with Crippen molar-refractivity contribution in [2.75, 3.05) is 33.7 Å². The lowest BCUT2D eigenvalue weighted by molar-refractivity contribution is 0.112. The molecule has 1 atom stereocenters. The van der Waals surface area contributed by atoms with Crippen LogP contribution in [-0.2, 0) is 0 Å². The van der Waals surface area contributed by atoms with Crippen molar-refractivity contribution in [3.63, 3.8) is 0 Å². The molecule has 104 valence electrons. The van der Waals surface area contributed by atoms with E-state index < -0.39 is 0 Å². The van der Waals surface area contributed by atoms with Crippen LogP contribution in [0.3, 0.4) is 0 Å². The lowest BCUT2D eigenvalue weighted by Gasteiger charge is -2.26.